The Balaban J connectivity index is 1.25. The number of piperidine rings is 2. The maximum Gasteiger partial charge on any atom is 0.246 e. The van der Waals surface area contributed by atoms with E-state index in [0.717, 1.165) is 43.6 Å². The van der Waals surface area contributed by atoms with Crippen molar-refractivity contribution >= 4 is 12.0 Å². The van der Waals surface area contributed by atoms with Gasteiger partial charge >= 0.3 is 0 Å². The van der Waals surface area contributed by atoms with Crippen molar-refractivity contribution in [1.29, 1.82) is 0 Å². The van der Waals surface area contributed by atoms with E-state index in [-0.39, 0.29) is 17.2 Å². The highest BCUT2D eigenvalue weighted by atomic mass is 16.3. The molecule has 3 atom stereocenters. The highest BCUT2D eigenvalue weighted by molar-refractivity contribution is 5.91. The molecule has 7 nitrogen and oxygen atoms in total. The molecule has 0 saturated carbocycles. The summed E-state index contributed by atoms with van der Waals surface area (Å²) >= 11 is 0. The van der Waals surface area contributed by atoms with Gasteiger partial charge in [-0.05, 0) is 68.9 Å². The molecule has 0 aliphatic carbocycles. The summed E-state index contributed by atoms with van der Waals surface area (Å²) in [5, 5.41) is 25.5. The van der Waals surface area contributed by atoms with Gasteiger partial charge in [0.25, 0.3) is 0 Å². The number of aliphatic hydroxyl groups is 2. The second kappa shape index (κ2) is 10.3. The van der Waals surface area contributed by atoms with E-state index in [1.165, 1.54) is 5.57 Å². The van der Waals surface area contributed by atoms with Gasteiger partial charge in [-0.3, -0.25) is 9.69 Å². The standard InChI is InChI=1S/C26H38N4O3/c1-3-21-22(4-2)28-18-26(21)10-14-29(17-24(26)32)16-23(31)20-8-12-30(13-9-20)25(33)6-5-19-7-11-27-15-19/h3-7,11,15,20,23-24,27-28,31-32H,8-10,12-14,16-18H2,1-2H3/b6-5+,21-3+,22-4+. The number of aliphatic hydroxyl groups excluding tert-OH is 2. The molecule has 0 bridgehead atoms. The lowest BCUT2D eigenvalue weighted by Crippen LogP contribution is -2.54. The molecule has 180 valence electrons. The summed E-state index contributed by atoms with van der Waals surface area (Å²) in [5.74, 6) is 0.212. The number of nitrogens with one attached hydrogen (secondary N) is 2. The van der Waals surface area contributed by atoms with Crippen LogP contribution in [-0.2, 0) is 4.79 Å². The Kier molecular flexibility index (Phi) is 7.41. The van der Waals surface area contributed by atoms with Crippen LogP contribution < -0.4 is 5.32 Å². The number of amides is 1. The molecule has 3 aliphatic rings. The van der Waals surface area contributed by atoms with Gasteiger partial charge in [0.05, 0.1) is 12.2 Å². The molecule has 3 aliphatic heterocycles. The molecule has 3 unspecified atom stereocenters. The summed E-state index contributed by atoms with van der Waals surface area (Å²) in [4.78, 5) is 19.5. The van der Waals surface area contributed by atoms with Crippen LogP contribution in [0.1, 0.15) is 38.7 Å². The quantitative estimate of drug-likeness (QED) is 0.512. The fourth-order valence-corrected chi connectivity index (χ4v) is 5.76. The van der Waals surface area contributed by atoms with Gasteiger partial charge < -0.3 is 25.4 Å². The molecule has 0 radical (unpaired) electrons. The van der Waals surface area contributed by atoms with Crippen molar-refractivity contribution in [3.63, 3.8) is 0 Å². The van der Waals surface area contributed by atoms with E-state index < -0.39 is 12.2 Å². The van der Waals surface area contributed by atoms with Gasteiger partial charge in [-0.2, -0.15) is 0 Å². The molecular weight excluding hydrogens is 416 g/mol. The molecule has 7 heteroatoms. The number of hydrogen-bond acceptors (Lipinski definition) is 5. The number of aromatic nitrogens is 1. The summed E-state index contributed by atoms with van der Waals surface area (Å²) in [7, 11) is 0. The second-order valence-corrected chi connectivity index (χ2v) is 9.65. The average molecular weight is 455 g/mol. The fourth-order valence-electron chi connectivity index (χ4n) is 5.76. The number of hydrogen-bond donors (Lipinski definition) is 4. The minimum atomic E-state index is -0.458. The first-order valence-electron chi connectivity index (χ1n) is 12.2. The van der Waals surface area contributed by atoms with Gasteiger partial charge in [0.2, 0.25) is 5.91 Å². The Morgan fingerprint density at radius 3 is 2.70 bits per heavy atom. The predicted octanol–water partition coefficient (Wildman–Crippen LogP) is 2.13. The lowest BCUT2D eigenvalue weighted by Gasteiger charge is -2.45. The van der Waals surface area contributed by atoms with Crippen LogP contribution >= 0.6 is 0 Å². The van der Waals surface area contributed by atoms with Gasteiger partial charge in [-0.1, -0.05) is 12.2 Å². The second-order valence-electron chi connectivity index (χ2n) is 9.65. The lowest BCUT2D eigenvalue weighted by molar-refractivity contribution is -0.128. The molecule has 4 heterocycles. The van der Waals surface area contributed by atoms with Crippen molar-refractivity contribution in [3.05, 3.63) is 53.5 Å². The van der Waals surface area contributed by atoms with Crippen LogP contribution in [0, 0.1) is 11.3 Å². The molecular formula is C26H38N4O3. The minimum absolute atomic E-state index is 0.0269. The maximum atomic E-state index is 12.5. The van der Waals surface area contributed by atoms with Crippen LogP contribution in [0.25, 0.3) is 6.08 Å². The molecule has 4 N–H and O–H groups in total. The van der Waals surface area contributed by atoms with E-state index in [1.807, 2.05) is 43.3 Å². The van der Waals surface area contributed by atoms with Crippen LogP contribution in [-0.4, -0.2) is 82.4 Å². The summed E-state index contributed by atoms with van der Waals surface area (Å²) in [6.45, 7) is 8.21. The largest absolute Gasteiger partial charge is 0.392 e. The van der Waals surface area contributed by atoms with Gasteiger partial charge in [0.15, 0.2) is 0 Å². The molecule has 33 heavy (non-hydrogen) atoms. The van der Waals surface area contributed by atoms with Crippen LogP contribution in [0.5, 0.6) is 0 Å². The van der Waals surface area contributed by atoms with Crippen LogP contribution in [0.4, 0.5) is 0 Å². The van der Waals surface area contributed by atoms with Gasteiger partial charge in [0, 0.05) is 62.3 Å². The molecule has 4 rings (SSSR count). The average Bonchev–Trinajstić information content (AvgIpc) is 3.48. The number of H-pyrrole nitrogens is 1. The SMILES string of the molecule is C/C=C1\C(=C/C)NCC12CCN(CC(O)C1CCN(C(=O)/C=C/c3cc[nH]c3)CC1)CC2O. The number of rotatable bonds is 5. The van der Waals surface area contributed by atoms with Crippen molar-refractivity contribution in [3.8, 4) is 0 Å². The molecule has 3 fully saturated rings. The van der Waals surface area contributed by atoms with E-state index in [9.17, 15) is 15.0 Å². The molecule has 1 amide bonds. The third-order valence-corrected chi connectivity index (χ3v) is 7.82. The number of carbonyl (C=O) groups excluding carboxylic acids is 1. The maximum absolute atomic E-state index is 12.5. The number of nitrogens with zero attached hydrogens (tertiary/aromatic N) is 2. The first-order valence-corrected chi connectivity index (χ1v) is 12.2. The Bertz CT molecular complexity index is 899. The Labute approximate surface area is 196 Å². The van der Waals surface area contributed by atoms with E-state index in [2.05, 4.69) is 27.4 Å². The Morgan fingerprint density at radius 1 is 1.27 bits per heavy atom. The van der Waals surface area contributed by atoms with Crippen LogP contribution in [0.2, 0.25) is 0 Å². The van der Waals surface area contributed by atoms with Crippen molar-refractivity contribution < 1.29 is 15.0 Å². The third-order valence-electron chi connectivity index (χ3n) is 7.82. The fraction of sp³-hybridized carbons (Fsp3) is 0.577. The number of allylic oxidation sites excluding steroid dienone is 3. The number of β-amino-alcohol motifs (C(OH)–C–C–N with tert-alkyl or cyclic N) is 2. The first kappa shape index (κ1) is 23.8. The van der Waals surface area contributed by atoms with Crippen LogP contribution in [0.15, 0.2) is 48.0 Å². The summed E-state index contributed by atoms with van der Waals surface area (Å²) in [6.07, 6.45) is 13.0. The lowest BCUT2D eigenvalue weighted by atomic mass is 9.71. The Hall–Kier alpha value is -2.35. The monoisotopic (exact) mass is 454 g/mol. The number of carbonyl (C=O) groups is 1. The predicted molar refractivity (Wildman–Crippen MR) is 130 cm³/mol. The molecule has 1 aromatic rings. The molecule has 1 aromatic heterocycles. The minimum Gasteiger partial charge on any atom is -0.392 e. The number of aromatic amines is 1. The summed E-state index contributed by atoms with van der Waals surface area (Å²) in [5.41, 5.74) is 3.11. The normalized spacial score (nSPS) is 30.5. The highest BCUT2D eigenvalue weighted by Gasteiger charge is 2.49. The smallest absolute Gasteiger partial charge is 0.246 e. The molecule has 3 saturated heterocycles. The van der Waals surface area contributed by atoms with Crippen LogP contribution in [0.3, 0.4) is 0 Å². The zero-order chi connectivity index (χ0) is 23.4. The van der Waals surface area contributed by atoms with Gasteiger partial charge in [-0.15, -0.1) is 0 Å². The highest BCUT2D eigenvalue weighted by Crippen LogP contribution is 2.45. The topological polar surface area (TPSA) is 91.8 Å². The van der Waals surface area contributed by atoms with E-state index in [1.54, 1.807) is 6.08 Å². The Morgan fingerprint density at radius 2 is 2.06 bits per heavy atom. The van der Waals surface area contributed by atoms with Crippen molar-refractivity contribution in [2.45, 2.75) is 45.3 Å². The van der Waals surface area contributed by atoms with E-state index >= 15 is 0 Å². The zero-order valence-electron chi connectivity index (χ0n) is 19.8. The molecule has 0 aromatic carbocycles. The molecule has 1 spiro atoms. The first-order chi connectivity index (χ1) is 16.0. The third kappa shape index (κ3) is 4.95. The summed E-state index contributed by atoms with van der Waals surface area (Å²) in [6, 6.07) is 1.92. The zero-order valence-corrected chi connectivity index (χ0v) is 19.8. The summed E-state index contributed by atoms with van der Waals surface area (Å²) < 4.78 is 0. The van der Waals surface area contributed by atoms with Crippen molar-refractivity contribution in [2.24, 2.45) is 11.3 Å². The van der Waals surface area contributed by atoms with E-state index in [4.69, 9.17) is 0 Å². The van der Waals surface area contributed by atoms with Crippen molar-refractivity contribution in [2.75, 3.05) is 39.3 Å². The van der Waals surface area contributed by atoms with Crippen molar-refractivity contribution in [1.82, 2.24) is 20.1 Å². The number of likely N-dealkylation sites (tertiary alicyclic amines) is 2. The van der Waals surface area contributed by atoms with Gasteiger partial charge in [0.1, 0.15) is 0 Å². The van der Waals surface area contributed by atoms with E-state index in [0.29, 0.717) is 26.2 Å². The van der Waals surface area contributed by atoms with Gasteiger partial charge in [-0.25, -0.2) is 0 Å².